The Bertz CT molecular complexity index is 1240. The summed E-state index contributed by atoms with van der Waals surface area (Å²) in [6.07, 6.45) is 1.20. The van der Waals surface area contributed by atoms with Crippen molar-refractivity contribution in [1.82, 2.24) is 0 Å². The zero-order chi connectivity index (χ0) is 20.5. The molecule has 144 valence electrons. The lowest BCUT2D eigenvalue weighted by molar-refractivity contribution is -0.128. The second kappa shape index (κ2) is 7.49. The molecule has 0 N–H and O–H groups in total. The molecule has 1 aliphatic carbocycles. The van der Waals surface area contributed by atoms with Crippen molar-refractivity contribution in [2.75, 3.05) is 0 Å². The molecule has 0 heterocycles. The van der Waals surface area contributed by atoms with Crippen LogP contribution < -0.4 is 4.74 Å². The summed E-state index contributed by atoms with van der Waals surface area (Å²) in [5.41, 5.74) is 8.03. The average Bonchev–Trinajstić information content (AvgIpc) is 3.14. The van der Waals surface area contributed by atoms with E-state index in [9.17, 15) is 4.79 Å². The van der Waals surface area contributed by atoms with Gasteiger partial charge in [0.25, 0.3) is 0 Å². The molecule has 0 aliphatic heterocycles. The van der Waals surface area contributed by atoms with Gasteiger partial charge in [-0.1, -0.05) is 97.6 Å². The van der Waals surface area contributed by atoms with Gasteiger partial charge in [0.2, 0.25) is 0 Å². The Morgan fingerprint density at radius 2 is 1.43 bits per heavy atom. The van der Waals surface area contributed by atoms with Crippen LogP contribution in [0.3, 0.4) is 0 Å². The van der Waals surface area contributed by atoms with Crippen LogP contribution >= 0.6 is 0 Å². The molecule has 4 aromatic carbocycles. The quantitative estimate of drug-likeness (QED) is 0.197. The molecule has 0 aromatic heterocycles. The zero-order valence-electron chi connectivity index (χ0n) is 16.4. The molecule has 0 saturated heterocycles. The Balaban J connectivity index is 1.84. The van der Waals surface area contributed by atoms with Gasteiger partial charge < -0.3 is 4.74 Å². The van der Waals surface area contributed by atoms with Crippen molar-refractivity contribution < 1.29 is 9.53 Å². The monoisotopic (exact) mass is 388 g/mol. The largest absolute Gasteiger partial charge is 0.423 e. The first-order valence-electron chi connectivity index (χ1n) is 9.98. The Hall–Kier alpha value is -3.91. The molecule has 4 aromatic rings. The van der Waals surface area contributed by atoms with Crippen LogP contribution in [0.5, 0.6) is 5.75 Å². The van der Waals surface area contributed by atoms with Gasteiger partial charge in [0, 0.05) is 17.6 Å². The van der Waals surface area contributed by atoms with Crippen molar-refractivity contribution in [1.29, 1.82) is 0 Å². The van der Waals surface area contributed by atoms with Gasteiger partial charge >= 0.3 is 5.97 Å². The third-order valence-corrected chi connectivity index (χ3v) is 5.63. The SMILES string of the molecule is C=CC(=O)Oc1ccc2c(c1-c1ccccc1)C(c1ccccc1)c1ccccc1-2. The molecule has 5 rings (SSSR count). The van der Waals surface area contributed by atoms with Crippen LogP contribution in [0.1, 0.15) is 22.6 Å². The fourth-order valence-electron chi connectivity index (χ4n) is 4.41. The fourth-order valence-corrected chi connectivity index (χ4v) is 4.41. The first kappa shape index (κ1) is 18.1. The molecular formula is C28H20O2. The standard InChI is InChI=1S/C28H20O2/c1-2-25(29)30-24-18-17-23-21-15-9-10-16-22(21)26(19-11-5-3-6-12-19)28(23)27(24)20-13-7-4-8-14-20/h2-18,26H,1H2. The van der Waals surface area contributed by atoms with Gasteiger partial charge in [-0.05, 0) is 39.4 Å². The number of fused-ring (bicyclic) bond motifs is 3. The number of esters is 1. The third kappa shape index (κ3) is 2.94. The van der Waals surface area contributed by atoms with Crippen LogP contribution in [0.15, 0.2) is 110 Å². The first-order valence-corrected chi connectivity index (χ1v) is 9.98. The molecule has 1 unspecified atom stereocenters. The second-order valence-electron chi connectivity index (χ2n) is 7.32. The molecule has 2 heteroatoms. The molecule has 2 nitrogen and oxygen atoms in total. The highest BCUT2D eigenvalue weighted by atomic mass is 16.5. The normalized spacial score (nSPS) is 13.9. The van der Waals surface area contributed by atoms with Crippen molar-refractivity contribution in [3.05, 3.63) is 126 Å². The van der Waals surface area contributed by atoms with Crippen LogP contribution in [0.2, 0.25) is 0 Å². The molecule has 30 heavy (non-hydrogen) atoms. The van der Waals surface area contributed by atoms with Crippen LogP contribution in [-0.2, 0) is 4.79 Å². The molecular weight excluding hydrogens is 368 g/mol. The lowest BCUT2D eigenvalue weighted by atomic mass is 9.84. The van der Waals surface area contributed by atoms with E-state index in [0.717, 1.165) is 11.1 Å². The van der Waals surface area contributed by atoms with E-state index in [-0.39, 0.29) is 5.92 Å². The number of rotatable bonds is 4. The highest BCUT2D eigenvalue weighted by Crippen LogP contribution is 2.53. The number of carbonyl (C=O) groups is 1. The summed E-state index contributed by atoms with van der Waals surface area (Å²) in [5, 5.41) is 0. The maximum absolute atomic E-state index is 12.1. The van der Waals surface area contributed by atoms with Gasteiger partial charge in [-0.3, -0.25) is 0 Å². The highest BCUT2D eigenvalue weighted by molar-refractivity contribution is 5.93. The van der Waals surface area contributed by atoms with Crippen molar-refractivity contribution in [3.8, 4) is 28.0 Å². The van der Waals surface area contributed by atoms with E-state index in [2.05, 4.69) is 73.3 Å². The summed E-state index contributed by atoms with van der Waals surface area (Å²) in [6, 6.07) is 33.1. The van der Waals surface area contributed by atoms with E-state index in [1.807, 2.05) is 30.3 Å². The van der Waals surface area contributed by atoms with E-state index in [0.29, 0.717) is 5.75 Å². The van der Waals surface area contributed by atoms with Crippen LogP contribution in [-0.4, -0.2) is 5.97 Å². The van der Waals surface area contributed by atoms with Gasteiger partial charge in [-0.25, -0.2) is 4.79 Å². The summed E-state index contributed by atoms with van der Waals surface area (Å²) in [4.78, 5) is 12.1. The first-order chi connectivity index (χ1) is 14.8. The third-order valence-electron chi connectivity index (χ3n) is 5.63. The molecule has 0 bridgehead atoms. The molecule has 0 spiro atoms. The van der Waals surface area contributed by atoms with E-state index in [1.54, 1.807) is 0 Å². The minimum atomic E-state index is -0.459. The molecule has 0 saturated carbocycles. The average molecular weight is 388 g/mol. The smallest absolute Gasteiger partial charge is 0.335 e. The Kier molecular flexibility index (Phi) is 4.53. The van der Waals surface area contributed by atoms with Gasteiger partial charge in [-0.2, -0.15) is 0 Å². The summed E-state index contributed by atoms with van der Waals surface area (Å²) in [6.45, 7) is 3.55. The van der Waals surface area contributed by atoms with E-state index >= 15 is 0 Å². The van der Waals surface area contributed by atoms with Crippen LogP contribution in [0.25, 0.3) is 22.3 Å². The maximum Gasteiger partial charge on any atom is 0.335 e. The number of ether oxygens (including phenoxy) is 1. The van der Waals surface area contributed by atoms with E-state index in [4.69, 9.17) is 4.74 Å². The van der Waals surface area contributed by atoms with E-state index < -0.39 is 5.97 Å². The lowest BCUT2D eigenvalue weighted by Crippen LogP contribution is -2.07. The zero-order valence-corrected chi connectivity index (χ0v) is 16.4. The number of hydrogen-bond acceptors (Lipinski definition) is 2. The maximum atomic E-state index is 12.1. The van der Waals surface area contributed by atoms with Crippen molar-refractivity contribution >= 4 is 5.97 Å². The van der Waals surface area contributed by atoms with Crippen LogP contribution in [0, 0.1) is 0 Å². The van der Waals surface area contributed by atoms with Crippen molar-refractivity contribution in [2.45, 2.75) is 5.92 Å². The number of carbonyl (C=O) groups excluding carboxylic acids is 1. The van der Waals surface area contributed by atoms with Gasteiger partial charge in [0.1, 0.15) is 5.75 Å². The second-order valence-corrected chi connectivity index (χ2v) is 7.32. The molecule has 1 aliphatic rings. The Labute approximate surface area is 176 Å². The summed E-state index contributed by atoms with van der Waals surface area (Å²) < 4.78 is 5.70. The van der Waals surface area contributed by atoms with Gasteiger partial charge in [-0.15, -0.1) is 0 Å². The predicted octanol–water partition coefficient (Wildman–Crippen LogP) is 6.61. The van der Waals surface area contributed by atoms with Crippen molar-refractivity contribution in [3.63, 3.8) is 0 Å². The highest BCUT2D eigenvalue weighted by Gasteiger charge is 2.34. The minimum Gasteiger partial charge on any atom is -0.423 e. The summed E-state index contributed by atoms with van der Waals surface area (Å²) >= 11 is 0. The molecule has 0 radical (unpaired) electrons. The van der Waals surface area contributed by atoms with E-state index in [1.165, 1.54) is 33.9 Å². The summed E-state index contributed by atoms with van der Waals surface area (Å²) in [5.74, 6) is 0.160. The fraction of sp³-hybridized carbons (Fsp3) is 0.0357. The Morgan fingerprint density at radius 1 is 0.767 bits per heavy atom. The topological polar surface area (TPSA) is 26.3 Å². The Morgan fingerprint density at radius 3 is 2.17 bits per heavy atom. The van der Waals surface area contributed by atoms with Crippen molar-refractivity contribution in [2.24, 2.45) is 0 Å². The molecule has 0 amide bonds. The number of hydrogen-bond donors (Lipinski definition) is 0. The lowest BCUT2D eigenvalue weighted by Gasteiger charge is -2.20. The van der Waals surface area contributed by atoms with Crippen LogP contribution in [0.4, 0.5) is 0 Å². The summed E-state index contributed by atoms with van der Waals surface area (Å²) in [7, 11) is 0. The van der Waals surface area contributed by atoms with Gasteiger partial charge in [0.15, 0.2) is 0 Å². The molecule has 0 fully saturated rings. The van der Waals surface area contributed by atoms with Gasteiger partial charge in [0.05, 0.1) is 0 Å². The number of benzene rings is 4. The predicted molar refractivity (Wildman–Crippen MR) is 121 cm³/mol. The molecule has 1 atom stereocenters. The minimum absolute atomic E-state index is 0.0648.